The quantitative estimate of drug-likeness (QED) is 0.858. The molecule has 1 fully saturated rings. The molecule has 1 N–H and O–H groups in total. The predicted octanol–water partition coefficient (Wildman–Crippen LogP) is 3.78. The SMILES string of the molecule is O=C(Nc1c(F)cccc1F)c1cccc(S(=O)(=O)N2CCCCCC2)c1. The molecule has 1 amide bonds. The molecular formula is C19H20F2N2O3S. The van der Waals surface area contributed by atoms with Gasteiger partial charge >= 0.3 is 0 Å². The monoisotopic (exact) mass is 394 g/mol. The number of nitrogens with one attached hydrogen (secondary N) is 1. The van der Waals surface area contributed by atoms with Crippen molar-refractivity contribution in [1.29, 1.82) is 0 Å². The highest BCUT2D eigenvalue weighted by Gasteiger charge is 2.26. The fourth-order valence-corrected chi connectivity index (χ4v) is 4.60. The number of nitrogens with zero attached hydrogens (tertiary/aromatic N) is 1. The summed E-state index contributed by atoms with van der Waals surface area (Å²) in [7, 11) is -3.73. The van der Waals surface area contributed by atoms with Crippen LogP contribution in [0.3, 0.4) is 0 Å². The first-order chi connectivity index (χ1) is 12.9. The fourth-order valence-electron chi connectivity index (χ4n) is 3.03. The van der Waals surface area contributed by atoms with Crippen LogP contribution in [0, 0.1) is 11.6 Å². The summed E-state index contributed by atoms with van der Waals surface area (Å²) in [6, 6.07) is 8.73. The number of carbonyl (C=O) groups is 1. The van der Waals surface area contributed by atoms with Crippen LogP contribution in [0.2, 0.25) is 0 Å². The Labute approximate surface area is 157 Å². The third-order valence-corrected chi connectivity index (χ3v) is 6.39. The Bertz CT molecular complexity index is 919. The highest BCUT2D eigenvalue weighted by atomic mass is 32.2. The van der Waals surface area contributed by atoms with E-state index in [4.69, 9.17) is 0 Å². The van der Waals surface area contributed by atoms with Gasteiger partial charge in [-0.2, -0.15) is 4.31 Å². The number of para-hydroxylation sites is 1. The Balaban J connectivity index is 1.85. The molecule has 0 aliphatic carbocycles. The van der Waals surface area contributed by atoms with E-state index < -0.39 is 33.3 Å². The molecule has 0 unspecified atom stereocenters. The van der Waals surface area contributed by atoms with Gasteiger partial charge in [-0.3, -0.25) is 4.79 Å². The van der Waals surface area contributed by atoms with Crippen molar-refractivity contribution >= 4 is 21.6 Å². The van der Waals surface area contributed by atoms with E-state index in [1.54, 1.807) is 0 Å². The molecule has 1 heterocycles. The van der Waals surface area contributed by atoms with Gasteiger partial charge < -0.3 is 5.32 Å². The van der Waals surface area contributed by atoms with Crippen molar-refractivity contribution in [3.05, 3.63) is 59.7 Å². The van der Waals surface area contributed by atoms with Crippen LogP contribution in [0.5, 0.6) is 0 Å². The van der Waals surface area contributed by atoms with Gasteiger partial charge in [-0.1, -0.05) is 25.0 Å². The number of amides is 1. The first-order valence-electron chi connectivity index (χ1n) is 8.75. The summed E-state index contributed by atoms with van der Waals surface area (Å²) in [5, 5.41) is 2.17. The van der Waals surface area contributed by atoms with E-state index in [1.807, 2.05) is 0 Å². The lowest BCUT2D eigenvalue weighted by atomic mass is 10.2. The first kappa shape index (κ1) is 19.4. The van der Waals surface area contributed by atoms with Crippen LogP contribution >= 0.6 is 0 Å². The minimum absolute atomic E-state index is 0.00792. The third-order valence-electron chi connectivity index (χ3n) is 4.50. The summed E-state index contributed by atoms with van der Waals surface area (Å²) in [6.45, 7) is 0.887. The molecule has 0 saturated carbocycles. The average Bonchev–Trinajstić information content (AvgIpc) is 2.95. The van der Waals surface area contributed by atoms with Crippen LogP contribution in [0.25, 0.3) is 0 Å². The van der Waals surface area contributed by atoms with Crippen LogP contribution in [-0.2, 0) is 10.0 Å². The van der Waals surface area contributed by atoms with Crippen LogP contribution in [0.15, 0.2) is 47.4 Å². The van der Waals surface area contributed by atoms with Crippen LogP contribution in [0.1, 0.15) is 36.0 Å². The Morgan fingerprint density at radius 3 is 2.15 bits per heavy atom. The number of anilines is 1. The average molecular weight is 394 g/mol. The van der Waals surface area contributed by atoms with E-state index in [0.29, 0.717) is 13.1 Å². The molecule has 0 aromatic heterocycles. The van der Waals surface area contributed by atoms with Gasteiger partial charge in [0.15, 0.2) is 0 Å². The second kappa shape index (κ2) is 8.14. The highest BCUT2D eigenvalue weighted by Crippen LogP contribution is 2.23. The minimum atomic E-state index is -3.73. The number of carbonyl (C=O) groups excluding carboxylic acids is 1. The first-order valence-corrected chi connectivity index (χ1v) is 10.2. The van der Waals surface area contributed by atoms with E-state index in [-0.39, 0.29) is 10.5 Å². The molecule has 3 rings (SSSR count). The molecular weight excluding hydrogens is 374 g/mol. The van der Waals surface area contributed by atoms with Crippen LogP contribution in [0.4, 0.5) is 14.5 Å². The minimum Gasteiger partial charge on any atom is -0.317 e. The molecule has 144 valence electrons. The Morgan fingerprint density at radius 1 is 0.926 bits per heavy atom. The third kappa shape index (κ3) is 4.33. The summed E-state index contributed by atoms with van der Waals surface area (Å²) in [6.07, 6.45) is 3.57. The Kier molecular flexibility index (Phi) is 5.86. The molecule has 27 heavy (non-hydrogen) atoms. The van der Waals surface area contributed by atoms with Gasteiger partial charge in [-0.25, -0.2) is 17.2 Å². The topological polar surface area (TPSA) is 66.5 Å². The fraction of sp³-hybridized carbons (Fsp3) is 0.316. The van der Waals surface area contributed by atoms with Gasteiger partial charge in [-0.15, -0.1) is 0 Å². The molecule has 1 aliphatic rings. The lowest BCUT2D eigenvalue weighted by Gasteiger charge is -2.20. The van der Waals surface area contributed by atoms with Crippen molar-refractivity contribution in [2.45, 2.75) is 30.6 Å². The molecule has 2 aromatic rings. The molecule has 1 aliphatic heterocycles. The maximum absolute atomic E-state index is 13.7. The number of rotatable bonds is 4. The molecule has 2 aromatic carbocycles. The van der Waals surface area contributed by atoms with Crippen molar-refractivity contribution in [3.63, 3.8) is 0 Å². The summed E-state index contributed by atoms with van der Waals surface area (Å²) in [5.74, 6) is -2.60. The van der Waals surface area contributed by atoms with E-state index in [0.717, 1.165) is 37.8 Å². The number of sulfonamides is 1. The summed E-state index contributed by atoms with van der Waals surface area (Å²) in [5.41, 5.74) is -0.558. The zero-order chi connectivity index (χ0) is 19.4. The van der Waals surface area contributed by atoms with Gasteiger partial charge in [0.2, 0.25) is 10.0 Å². The summed E-state index contributed by atoms with van der Waals surface area (Å²) < 4.78 is 54.6. The van der Waals surface area contributed by atoms with Crippen molar-refractivity contribution in [2.24, 2.45) is 0 Å². The number of halogens is 2. The summed E-state index contributed by atoms with van der Waals surface area (Å²) >= 11 is 0. The summed E-state index contributed by atoms with van der Waals surface area (Å²) in [4.78, 5) is 12.4. The number of hydrogen-bond acceptors (Lipinski definition) is 3. The van der Waals surface area contributed by atoms with Gasteiger partial charge in [0.1, 0.15) is 17.3 Å². The zero-order valence-corrected chi connectivity index (χ0v) is 15.4. The zero-order valence-electron chi connectivity index (χ0n) is 14.6. The smallest absolute Gasteiger partial charge is 0.255 e. The van der Waals surface area contributed by atoms with E-state index in [1.165, 1.54) is 34.6 Å². The lowest BCUT2D eigenvalue weighted by Crippen LogP contribution is -2.32. The van der Waals surface area contributed by atoms with Crippen molar-refractivity contribution in [2.75, 3.05) is 18.4 Å². The number of benzene rings is 2. The van der Waals surface area contributed by atoms with E-state index in [2.05, 4.69) is 5.32 Å². The van der Waals surface area contributed by atoms with Gasteiger partial charge in [-0.05, 0) is 43.2 Å². The van der Waals surface area contributed by atoms with E-state index in [9.17, 15) is 22.0 Å². The van der Waals surface area contributed by atoms with Crippen molar-refractivity contribution in [3.8, 4) is 0 Å². The molecule has 1 saturated heterocycles. The lowest BCUT2D eigenvalue weighted by molar-refractivity contribution is 0.102. The second-order valence-electron chi connectivity index (χ2n) is 6.40. The molecule has 8 heteroatoms. The maximum Gasteiger partial charge on any atom is 0.255 e. The van der Waals surface area contributed by atoms with Crippen LogP contribution < -0.4 is 5.32 Å². The largest absolute Gasteiger partial charge is 0.317 e. The van der Waals surface area contributed by atoms with Gasteiger partial charge in [0, 0.05) is 18.7 Å². The maximum atomic E-state index is 13.7. The van der Waals surface area contributed by atoms with Crippen molar-refractivity contribution in [1.82, 2.24) is 4.31 Å². The predicted molar refractivity (Wildman–Crippen MR) is 98.0 cm³/mol. The highest BCUT2D eigenvalue weighted by molar-refractivity contribution is 7.89. The number of hydrogen-bond donors (Lipinski definition) is 1. The van der Waals surface area contributed by atoms with E-state index >= 15 is 0 Å². The molecule has 5 nitrogen and oxygen atoms in total. The molecule has 0 bridgehead atoms. The Hall–Kier alpha value is -2.32. The van der Waals surface area contributed by atoms with Gasteiger partial charge in [0.05, 0.1) is 4.90 Å². The van der Waals surface area contributed by atoms with Crippen LogP contribution in [-0.4, -0.2) is 31.7 Å². The van der Waals surface area contributed by atoms with Crippen molar-refractivity contribution < 1.29 is 22.0 Å². The Morgan fingerprint density at radius 2 is 1.52 bits per heavy atom. The second-order valence-corrected chi connectivity index (χ2v) is 8.33. The normalized spacial score (nSPS) is 15.9. The molecule has 0 atom stereocenters. The molecule has 0 radical (unpaired) electrons. The standard InChI is InChI=1S/C19H20F2N2O3S/c20-16-9-6-10-17(21)18(16)22-19(24)14-7-5-8-15(13-14)27(25,26)23-11-3-1-2-4-12-23/h5-10,13H,1-4,11-12H2,(H,22,24). The molecule has 0 spiro atoms. The van der Waals surface area contributed by atoms with Gasteiger partial charge in [0.25, 0.3) is 5.91 Å².